The van der Waals surface area contributed by atoms with Crippen LogP contribution in [0, 0.1) is 0 Å². The second-order valence-electron chi connectivity index (χ2n) is 5.90. The van der Waals surface area contributed by atoms with Gasteiger partial charge in [0.05, 0.1) is 6.04 Å². The molecule has 25 heavy (non-hydrogen) atoms. The molecule has 1 aromatic carbocycles. The monoisotopic (exact) mass is 370 g/mol. The minimum absolute atomic E-state index is 0.151. The van der Waals surface area contributed by atoms with E-state index in [-0.39, 0.29) is 12.5 Å². The zero-order chi connectivity index (χ0) is 18.2. The quantitative estimate of drug-likeness (QED) is 0.623. The summed E-state index contributed by atoms with van der Waals surface area (Å²) in [7, 11) is -4.80. The van der Waals surface area contributed by atoms with Crippen LogP contribution in [0.25, 0.3) is 0 Å². The van der Waals surface area contributed by atoms with Crippen molar-refractivity contribution in [3.8, 4) is 0 Å². The summed E-state index contributed by atoms with van der Waals surface area (Å²) in [5, 5.41) is 3.34. The molecule has 2 heterocycles. The average molecular weight is 370 g/mol. The maximum atomic E-state index is 12.5. The normalized spacial score (nSPS) is 23.0. The molecule has 2 atom stereocenters. The molecule has 2 aliphatic rings. The maximum Gasteiger partial charge on any atom is 0.418 e. The summed E-state index contributed by atoms with van der Waals surface area (Å²) in [5.41, 5.74) is 7.02. The molecule has 0 radical (unpaired) electrons. The van der Waals surface area contributed by atoms with Crippen LogP contribution < -0.4 is 11.1 Å². The number of carbonyl (C=O) groups excluding carboxylic acids is 2. The Kier molecular flexibility index (Phi) is 4.64. The van der Waals surface area contributed by atoms with E-state index in [1.54, 1.807) is 24.3 Å². The van der Waals surface area contributed by atoms with Gasteiger partial charge in [0, 0.05) is 18.8 Å². The molecule has 2 fully saturated rings. The van der Waals surface area contributed by atoms with Crippen LogP contribution in [0.3, 0.4) is 0 Å². The summed E-state index contributed by atoms with van der Waals surface area (Å²) < 4.78 is 34.8. The molecule has 0 aromatic heterocycles. The van der Waals surface area contributed by atoms with Crippen molar-refractivity contribution >= 4 is 28.0 Å². The first kappa shape index (κ1) is 17.6. The van der Waals surface area contributed by atoms with Gasteiger partial charge in [-0.15, -0.1) is 4.28 Å². The lowest BCUT2D eigenvalue weighted by molar-refractivity contribution is -0.120. The highest BCUT2D eigenvalue weighted by Crippen LogP contribution is 2.31. The molecular formula is C14H18N4O6S. The van der Waals surface area contributed by atoms with Crippen molar-refractivity contribution in [3.05, 3.63) is 29.8 Å². The molecule has 136 valence electrons. The van der Waals surface area contributed by atoms with Gasteiger partial charge in [-0.1, -0.05) is 12.1 Å². The fraction of sp³-hybridized carbons (Fsp3) is 0.429. The van der Waals surface area contributed by atoms with Crippen LogP contribution in [-0.4, -0.2) is 53.5 Å². The van der Waals surface area contributed by atoms with E-state index < -0.39 is 28.5 Å². The number of piperidine rings is 1. The van der Waals surface area contributed by atoms with E-state index in [4.69, 9.17) is 10.3 Å². The van der Waals surface area contributed by atoms with Gasteiger partial charge >= 0.3 is 16.4 Å². The average Bonchev–Trinajstić information content (AvgIpc) is 2.79. The lowest BCUT2D eigenvalue weighted by Crippen LogP contribution is -2.47. The largest absolute Gasteiger partial charge is 0.418 e. The zero-order valence-electron chi connectivity index (χ0n) is 13.2. The summed E-state index contributed by atoms with van der Waals surface area (Å²) >= 11 is 0. The summed E-state index contributed by atoms with van der Waals surface area (Å²) in [6, 6.07) is 4.97. The molecule has 2 aliphatic heterocycles. The van der Waals surface area contributed by atoms with Crippen LogP contribution >= 0.6 is 0 Å². The number of carbonyl (C=O) groups is 2. The highest BCUT2D eigenvalue weighted by molar-refractivity contribution is 7.80. The third-order valence-electron chi connectivity index (χ3n) is 4.26. The fourth-order valence-corrected chi connectivity index (χ4v) is 3.44. The standard InChI is InChI=1S/C14H18N4O6S/c15-7-9-1-3-10(4-2-9)16-13(19)12-6-5-11-8-17(12)14(20)18(11)24-25(21,22)23/h1-4,11-12H,5-8,15H2,(H,16,19)(H,21,22,23)/t11-,12-/m0/s1. The van der Waals surface area contributed by atoms with Gasteiger partial charge in [-0.05, 0) is 30.5 Å². The first-order valence-corrected chi connectivity index (χ1v) is 9.01. The van der Waals surface area contributed by atoms with E-state index in [9.17, 15) is 18.0 Å². The van der Waals surface area contributed by atoms with Gasteiger partial charge in [0.15, 0.2) is 0 Å². The van der Waals surface area contributed by atoms with Crippen molar-refractivity contribution in [1.29, 1.82) is 0 Å². The molecule has 0 saturated carbocycles. The Morgan fingerprint density at radius 3 is 2.60 bits per heavy atom. The Labute approximate surface area is 144 Å². The third-order valence-corrected chi connectivity index (χ3v) is 4.61. The lowest BCUT2D eigenvalue weighted by Gasteiger charge is -2.29. The van der Waals surface area contributed by atoms with E-state index in [1.165, 1.54) is 4.90 Å². The Morgan fingerprint density at radius 2 is 2.00 bits per heavy atom. The number of nitrogens with one attached hydrogen (secondary N) is 1. The highest BCUT2D eigenvalue weighted by Gasteiger charge is 2.49. The predicted molar refractivity (Wildman–Crippen MR) is 86.3 cm³/mol. The van der Waals surface area contributed by atoms with Gasteiger partial charge in [-0.25, -0.2) is 4.79 Å². The molecular weight excluding hydrogens is 352 g/mol. The number of nitrogens with zero attached hydrogens (tertiary/aromatic N) is 2. The Balaban J connectivity index is 1.69. The first-order chi connectivity index (χ1) is 11.8. The second-order valence-corrected chi connectivity index (χ2v) is 6.90. The van der Waals surface area contributed by atoms with Gasteiger partial charge < -0.3 is 16.0 Å². The number of amides is 3. The van der Waals surface area contributed by atoms with Gasteiger partial charge in [-0.2, -0.15) is 13.5 Å². The smallest absolute Gasteiger partial charge is 0.326 e. The Bertz CT molecular complexity index is 781. The Hall–Kier alpha value is -2.21. The van der Waals surface area contributed by atoms with E-state index >= 15 is 0 Å². The number of benzene rings is 1. The van der Waals surface area contributed by atoms with Crippen molar-refractivity contribution < 1.29 is 26.8 Å². The predicted octanol–water partition coefficient (Wildman–Crippen LogP) is 0.0868. The summed E-state index contributed by atoms with van der Waals surface area (Å²) in [6.45, 7) is 0.544. The summed E-state index contributed by atoms with van der Waals surface area (Å²) in [6.07, 6.45) is 0.733. The molecule has 0 unspecified atom stereocenters. The minimum Gasteiger partial charge on any atom is -0.326 e. The number of urea groups is 1. The lowest BCUT2D eigenvalue weighted by atomic mass is 10.00. The van der Waals surface area contributed by atoms with E-state index in [1.807, 2.05) is 0 Å². The van der Waals surface area contributed by atoms with Gasteiger partial charge in [-0.3, -0.25) is 9.35 Å². The second kappa shape index (κ2) is 6.59. The number of hydrogen-bond donors (Lipinski definition) is 3. The van der Waals surface area contributed by atoms with Crippen LogP contribution in [0.15, 0.2) is 24.3 Å². The van der Waals surface area contributed by atoms with Crippen LogP contribution in [0.4, 0.5) is 10.5 Å². The highest BCUT2D eigenvalue weighted by atomic mass is 32.3. The van der Waals surface area contributed by atoms with Crippen molar-refractivity contribution in [1.82, 2.24) is 9.96 Å². The molecule has 4 N–H and O–H groups in total. The summed E-state index contributed by atoms with van der Waals surface area (Å²) in [4.78, 5) is 26.0. The van der Waals surface area contributed by atoms with Gasteiger partial charge in [0.2, 0.25) is 5.91 Å². The number of fused-ring (bicyclic) bond motifs is 2. The molecule has 11 heteroatoms. The number of nitrogens with two attached hydrogens (primary N) is 1. The number of anilines is 1. The van der Waals surface area contributed by atoms with Crippen molar-refractivity contribution in [2.24, 2.45) is 5.73 Å². The van der Waals surface area contributed by atoms with Crippen LogP contribution in [0.5, 0.6) is 0 Å². The van der Waals surface area contributed by atoms with Crippen molar-refractivity contribution in [2.45, 2.75) is 31.5 Å². The molecule has 2 saturated heterocycles. The molecule has 3 rings (SSSR count). The third kappa shape index (κ3) is 3.74. The molecule has 0 aliphatic carbocycles. The number of rotatable bonds is 5. The SMILES string of the molecule is NCc1ccc(NC(=O)[C@@H]2CC[C@H]3CN2C(=O)N3OS(=O)(=O)O)cc1. The molecule has 10 nitrogen and oxygen atoms in total. The minimum atomic E-state index is -4.80. The van der Waals surface area contributed by atoms with Crippen molar-refractivity contribution in [3.63, 3.8) is 0 Å². The molecule has 1 aromatic rings. The number of hydroxylamine groups is 2. The number of hydrogen-bond acceptors (Lipinski definition) is 6. The Morgan fingerprint density at radius 1 is 1.32 bits per heavy atom. The van der Waals surface area contributed by atoms with E-state index in [0.717, 1.165) is 5.56 Å². The van der Waals surface area contributed by atoms with Crippen LogP contribution in [-0.2, 0) is 26.0 Å². The van der Waals surface area contributed by atoms with Crippen LogP contribution in [0.1, 0.15) is 18.4 Å². The topological polar surface area (TPSA) is 142 Å². The molecule has 2 bridgehead atoms. The molecule has 0 spiro atoms. The van der Waals surface area contributed by atoms with Crippen molar-refractivity contribution in [2.75, 3.05) is 11.9 Å². The first-order valence-electron chi connectivity index (χ1n) is 7.65. The van der Waals surface area contributed by atoms with Gasteiger partial charge in [0.25, 0.3) is 0 Å². The zero-order valence-corrected chi connectivity index (χ0v) is 14.0. The van der Waals surface area contributed by atoms with Crippen LogP contribution in [0.2, 0.25) is 0 Å². The fourth-order valence-electron chi connectivity index (χ4n) is 3.05. The van der Waals surface area contributed by atoms with E-state index in [2.05, 4.69) is 9.60 Å². The summed E-state index contributed by atoms with van der Waals surface area (Å²) in [5.74, 6) is -0.374. The van der Waals surface area contributed by atoms with Gasteiger partial charge in [0.1, 0.15) is 6.04 Å². The molecule has 3 amide bonds. The maximum absolute atomic E-state index is 12.5. The van der Waals surface area contributed by atoms with E-state index in [0.29, 0.717) is 30.1 Å².